The van der Waals surface area contributed by atoms with Gasteiger partial charge in [-0.2, -0.15) is 0 Å². The molecule has 0 fully saturated rings. The number of hydrogen-bond donors (Lipinski definition) is 0. The zero-order valence-corrected chi connectivity index (χ0v) is 44.8. The van der Waals surface area contributed by atoms with Crippen LogP contribution in [0.1, 0.15) is 44.5 Å². The summed E-state index contributed by atoms with van der Waals surface area (Å²) in [6.07, 6.45) is 0. The van der Waals surface area contributed by atoms with E-state index in [0.717, 1.165) is 94.6 Å². The van der Waals surface area contributed by atoms with E-state index < -0.39 is 10.8 Å². The van der Waals surface area contributed by atoms with E-state index in [1.807, 2.05) is 0 Å². The predicted molar refractivity (Wildman–Crippen MR) is 337 cm³/mol. The fraction of sp³-hybridized carbons (Fsp3) is 0.0250. The summed E-state index contributed by atoms with van der Waals surface area (Å²) in [4.78, 5) is 0. The van der Waals surface area contributed by atoms with E-state index in [1.165, 1.54) is 49.7 Å². The minimum atomic E-state index is -0.686. The largest absolute Gasteiger partial charge is 0.456 e. The normalized spacial score (nSPS) is 13.5. The van der Waals surface area contributed by atoms with Crippen LogP contribution in [0.4, 0.5) is 0 Å². The van der Waals surface area contributed by atoms with Gasteiger partial charge in [0.1, 0.15) is 23.0 Å². The van der Waals surface area contributed by atoms with Gasteiger partial charge in [-0.15, -0.1) is 0 Å². The highest BCUT2D eigenvalue weighted by atomic mass is 16.5. The van der Waals surface area contributed by atoms with Crippen molar-refractivity contribution in [2.75, 3.05) is 0 Å². The first-order chi connectivity index (χ1) is 40.7. The van der Waals surface area contributed by atoms with E-state index in [9.17, 15) is 0 Å². The fourth-order valence-electron chi connectivity index (χ4n) is 14.1. The van der Waals surface area contributed by atoms with Crippen LogP contribution in [0.5, 0.6) is 23.0 Å². The maximum absolute atomic E-state index is 7.39. The van der Waals surface area contributed by atoms with Gasteiger partial charge in [-0.05, 0) is 118 Å². The Hall–Kier alpha value is -10.5. The highest BCUT2D eigenvalue weighted by Crippen LogP contribution is 2.60. The monoisotopic (exact) mass is 1040 g/mol. The molecule has 0 spiro atoms. The Kier molecular flexibility index (Phi) is 11.0. The topological polar surface area (TPSA) is 18.5 Å². The summed E-state index contributed by atoms with van der Waals surface area (Å²) in [5.74, 6) is 3.36. The molecule has 2 heterocycles. The summed E-state index contributed by atoms with van der Waals surface area (Å²) >= 11 is 0. The molecule has 384 valence electrons. The number of ether oxygens (including phenoxy) is 2. The summed E-state index contributed by atoms with van der Waals surface area (Å²) in [6, 6.07) is 115. The molecule has 0 saturated carbocycles. The molecule has 2 aliphatic rings. The van der Waals surface area contributed by atoms with E-state index in [2.05, 4.69) is 315 Å². The van der Waals surface area contributed by atoms with E-state index in [-0.39, 0.29) is 0 Å². The quantitative estimate of drug-likeness (QED) is 0.141. The van der Waals surface area contributed by atoms with Gasteiger partial charge in [0, 0.05) is 33.4 Å². The number of para-hydroxylation sites is 4. The number of hydrogen-bond acceptors (Lipinski definition) is 2. The van der Waals surface area contributed by atoms with Gasteiger partial charge in [0.2, 0.25) is 0 Å². The molecule has 0 bridgehead atoms. The highest BCUT2D eigenvalue weighted by Gasteiger charge is 2.47. The molecular formula is C80H52O2. The van der Waals surface area contributed by atoms with Gasteiger partial charge in [-0.3, -0.25) is 0 Å². The molecule has 0 amide bonds. The number of fused-ring (bicyclic) bond motifs is 7. The molecular weight excluding hydrogens is 993 g/mol. The van der Waals surface area contributed by atoms with Gasteiger partial charge in [0.15, 0.2) is 0 Å². The van der Waals surface area contributed by atoms with Crippen molar-refractivity contribution < 1.29 is 9.47 Å². The molecule has 2 heteroatoms. The first-order valence-electron chi connectivity index (χ1n) is 28.3. The summed E-state index contributed by atoms with van der Waals surface area (Å²) in [6.45, 7) is 0. The second-order valence-corrected chi connectivity index (χ2v) is 21.7. The van der Waals surface area contributed by atoms with E-state index >= 15 is 0 Å². The Balaban J connectivity index is 1.02. The van der Waals surface area contributed by atoms with Crippen molar-refractivity contribution in [2.45, 2.75) is 10.8 Å². The van der Waals surface area contributed by atoms with Crippen molar-refractivity contribution in [2.24, 2.45) is 0 Å². The Bertz CT molecular complexity index is 4460. The Morgan fingerprint density at radius 2 is 0.585 bits per heavy atom. The van der Waals surface area contributed by atoms with E-state index in [1.54, 1.807) is 0 Å². The average molecular weight is 1050 g/mol. The van der Waals surface area contributed by atoms with E-state index in [4.69, 9.17) is 9.47 Å². The van der Waals surface area contributed by atoms with Crippen molar-refractivity contribution in [1.29, 1.82) is 0 Å². The zero-order chi connectivity index (χ0) is 54.2. The third-order valence-electron chi connectivity index (χ3n) is 17.5. The first-order valence-corrected chi connectivity index (χ1v) is 28.3. The zero-order valence-electron chi connectivity index (χ0n) is 44.8. The Morgan fingerprint density at radius 1 is 0.220 bits per heavy atom. The van der Waals surface area contributed by atoms with Crippen LogP contribution in [0.2, 0.25) is 0 Å². The third-order valence-corrected chi connectivity index (χ3v) is 17.5. The molecule has 0 aromatic heterocycles. The van der Waals surface area contributed by atoms with Crippen molar-refractivity contribution in [3.63, 3.8) is 0 Å². The number of rotatable bonds is 8. The van der Waals surface area contributed by atoms with Crippen LogP contribution in [0.3, 0.4) is 0 Å². The molecule has 16 rings (SSSR count). The molecule has 0 atom stereocenters. The van der Waals surface area contributed by atoms with Gasteiger partial charge < -0.3 is 9.47 Å². The molecule has 0 radical (unpaired) electrons. The maximum Gasteiger partial charge on any atom is 0.140 e. The smallest absolute Gasteiger partial charge is 0.140 e. The van der Waals surface area contributed by atoms with Crippen LogP contribution in [-0.4, -0.2) is 0 Å². The van der Waals surface area contributed by atoms with E-state index in [0.29, 0.717) is 0 Å². The molecule has 0 unspecified atom stereocenters. The fourth-order valence-corrected chi connectivity index (χ4v) is 14.1. The summed E-state index contributed by atoms with van der Waals surface area (Å²) < 4.78 is 14.8. The van der Waals surface area contributed by atoms with Gasteiger partial charge in [-0.1, -0.05) is 285 Å². The molecule has 82 heavy (non-hydrogen) atoms. The Labute approximate surface area is 477 Å². The lowest BCUT2D eigenvalue weighted by molar-refractivity contribution is 0.436. The summed E-state index contributed by atoms with van der Waals surface area (Å²) in [5.41, 5.74) is 16.6. The molecule has 0 N–H and O–H groups in total. The maximum atomic E-state index is 7.39. The van der Waals surface area contributed by atoms with Crippen molar-refractivity contribution in [3.8, 4) is 67.5 Å². The standard InChI is InChI=1S/C80H52O2/c1-6-26-53(27-7-1)55-50-54-28-16-17-37-60(54)69(51-55)76-63-40-22-38-61(65-42-24-46-72-77(65)81-74-48-20-18-44-70(74)79(72,56-29-8-2-9-30-56)57-31-10-3-11-32-57)67(63)52-68-62(39-23-41-64(68)76)66-43-25-47-73-78(66)82-75-49-21-19-45-71(75)80(73,58-33-12-4-13-34-58)59-35-14-5-15-36-59/h1-52H. The van der Waals surface area contributed by atoms with Crippen LogP contribution in [0.25, 0.3) is 76.8 Å². The van der Waals surface area contributed by atoms with Crippen LogP contribution in [-0.2, 0) is 10.8 Å². The van der Waals surface area contributed by atoms with Crippen molar-refractivity contribution in [1.82, 2.24) is 0 Å². The van der Waals surface area contributed by atoms with Crippen LogP contribution in [0, 0.1) is 0 Å². The summed E-state index contributed by atoms with van der Waals surface area (Å²) in [5, 5.41) is 6.90. The summed E-state index contributed by atoms with van der Waals surface area (Å²) in [7, 11) is 0. The molecule has 14 aromatic carbocycles. The lowest BCUT2D eigenvalue weighted by atomic mass is 9.63. The SMILES string of the molecule is c1ccc(-c2cc(-c3c4cccc(-c5cccc6c5Oc5ccccc5C6(c5ccccc5)c5ccccc5)c4cc4c(-c5cccc6c5Oc5ccccc5C6(c5ccccc5)c5ccccc5)cccc34)c3ccccc3c2)cc1. The number of benzene rings is 14. The average Bonchev–Trinajstić information content (AvgIpc) is 3.30. The lowest BCUT2D eigenvalue weighted by Gasteiger charge is -2.42. The molecule has 2 aliphatic heterocycles. The first kappa shape index (κ1) is 47.5. The van der Waals surface area contributed by atoms with Gasteiger partial charge in [0.05, 0.1) is 10.8 Å². The van der Waals surface area contributed by atoms with Crippen LogP contribution in [0.15, 0.2) is 315 Å². The van der Waals surface area contributed by atoms with Gasteiger partial charge >= 0.3 is 0 Å². The van der Waals surface area contributed by atoms with Crippen LogP contribution < -0.4 is 9.47 Å². The van der Waals surface area contributed by atoms with Crippen molar-refractivity contribution >= 4 is 32.3 Å². The van der Waals surface area contributed by atoms with Crippen LogP contribution >= 0.6 is 0 Å². The molecule has 14 aromatic rings. The third kappa shape index (κ3) is 7.08. The molecule has 2 nitrogen and oxygen atoms in total. The second-order valence-electron chi connectivity index (χ2n) is 21.7. The molecule has 0 saturated heterocycles. The van der Waals surface area contributed by atoms with Gasteiger partial charge in [-0.25, -0.2) is 0 Å². The Morgan fingerprint density at radius 3 is 1.06 bits per heavy atom. The second kappa shape index (κ2) is 19.1. The lowest BCUT2D eigenvalue weighted by Crippen LogP contribution is -2.34. The van der Waals surface area contributed by atoms with Gasteiger partial charge in [0.25, 0.3) is 0 Å². The minimum Gasteiger partial charge on any atom is -0.456 e. The minimum absolute atomic E-state index is 0.686. The van der Waals surface area contributed by atoms with Crippen molar-refractivity contribution in [3.05, 3.63) is 360 Å². The highest BCUT2D eigenvalue weighted by molar-refractivity contribution is 6.22. The predicted octanol–water partition coefficient (Wildman–Crippen LogP) is 20.8. The molecule has 0 aliphatic carbocycles.